The molecule has 0 amide bonds. The van der Waals surface area contributed by atoms with Crippen LogP contribution < -0.4 is 5.73 Å². The number of likely N-dealkylation sites (tertiary alicyclic amines) is 1. The van der Waals surface area contributed by atoms with Crippen molar-refractivity contribution >= 4 is 0 Å². The molecule has 1 rings (SSSR count). The van der Waals surface area contributed by atoms with Crippen molar-refractivity contribution in [2.24, 2.45) is 5.73 Å². The highest BCUT2D eigenvalue weighted by atomic mass is 19.3. The molecular formula is C10H20F2N2. The lowest BCUT2D eigenvalue weighted by molar-refractivity contribution is -0.0414. The molecule has 2 nitrogen and oxygen atoms in total. The average molecular weight is 206 g/mol. The first kappa shape index (κ1) is 11.9. The van der Waals surface area contributed by atoms with Crippen LogP contribution in [-0.2, 0) is 0 Å². The van der Waals surface area contributed by atoms with E-state index in [9.17, 15) is 8.78 Å². The number of piperidine rings is 1. The molecule has 0 aromatic carbocycles. The summed E-state index contributed by atoms with van der Waals surface area (Å²) in [5.74, 6) is -2.72. The van der Waals surface area contributed by atoms with E-state index in [1.54, 1.807) is 0 Å². The van der Waals surface area contributed by atoms with Crippen LogP contribution in [0.3, 0.4) is 0 Å². The van der Waals surface area contributed by atoms with Gasteiger partial charge in [-0.15, -0.1) is 0 Å². The lowest BCUT2D eigenvalue weighted by Gasteiger charge is -2.37. The van der Waals surface area contributed by atoms with Gasteiger partial charge in [0.2, 0.25) is 0 Å². The third-order valence-corrected chi connectivity index (χ3v) is 2.95. The van der Waals surface area contributed by atoms with Crippen molar-refractivity contribution in [3.05, 3.63) is 0 Å². The Bertz CT molecular complexity index is 174. The summed E-state index contributed by atoms with van der Waals surface area (Å²) in [5, 5.41) is 0. The second kappa shape index (κ2) is 5.03. The van der Waals surface area contributed by atoms with Gasteiger partial charge >= 0.3 is 0 Å². The number of alkyl halides is 2. The van der Waals surface area contributed by atoms with Crippen LogP contribution in [0.1, 0.15) is 32.6 Å². The topological polar surface area (TPSA) is 29.3 Å². The molecule has 2 N–H and O–H groups in total. The van der Waals surface area contributed by atoms with Gasteiger partial charge in [-0.3, -0.25) is 4.90 Å². The summed E-state index contributed by atoms with van der Waals surface area (Å²) in [5.41, 5.74) is 5.03. The van der Waals surface area contributed by atoms with Gasteiger partial charge in [0.25, 0.3) is 5.92 Å². The Labute approximate surface area is 84.4 Å². The Morgan fingerprint density at radius 2 is 2.14 bits per heavy atom. The highest BCUT2D eigenvalue weighted by Crippen LogP contribution is 2.23. The molecule has 0 saturated carbocycles. The molecule has 1 aliphatic heterocycles. The number of nitrogens with zero attached hydrogens (tertiary/aromatic N) is 1. The van der Waals surface area contributed by atoms with Gasteiger partial charge in [0.1, 0.15) is 0 Å². The minimum atomic E-state index is -2.72. The molecule has 1 aliphatic rings. The Kier molecular flexibility index (Phi) is 4.26. The Balaban J connectivity index is 2.48. The van der Waals surface area contributed by atoms with Crippen LogP contribution in [-0.4, -0.2) is 36.5 Å². The van der Waals surface area contributed by atoms with Gasteiger partial charge < -0.3 is 5.73 Å². The lowest BCUT2D eigenvalue weighted by atomic mass is 9.99. The minimum Gasteiger partial charge on any atom is -0.325 e. The second-order valence-corrected chi connectivity index (χ2v) is 4.09. The third-order valence-electron chi connectivity index (χ3n) is 2.95. The normalized spacial score (nSPS) is 25.3. The molecule has 0 aliphatic carbocycles. The van der Waals surface area contributed by atoms with Crippen LogP contribution >= 0.6 is 0 Å². The second-order valence-electron chi connectivity index (χ2n) is 4.09. The summed E-state index contributed by atoms with van der Waals surface area (Å²) in [6.07, 6.45) is 4.22. The molecule has 1 heterocycles. The smallest absolute Gasteiger partial charge is 0.272 e. The van der Waals surface area contributed by atoms with Gasteiger partial charge in [-0.2, -0.15) is 0 Å². The summed E-state index contributed by atoms with van der Waals surface area (Å²) >= 11 is 0. The predicted molar refractivity (Wildman–Crippen MR) is 53.5 cm³/mol. The summed E-state index contributed by atoms with van der Waals surface area (Å²) < 4.78 is 26.2. The van der Waals surface area contributed by atoms with Crippen molar-refractivity contribution < 1.29 is 8.78 Å². The van der Waals surface area contributed by atoms with Crippen LogP contribution in [0.5, 0.6) is 0 Å². The van der Waals surface area contributed by atoms with Crippen LogP contribution in [0, 0.1) is 0 Å². The SMILES string of the molecule is CCC1CCCCN1CC(F)(F)CN. The van der Waals surface area contributed by atoms with E-state index < -0.39 is 12.5 Å². The molecular weight excluding hydrogens is 186 g/mol. The third kappa shape index (κ3) is 3.17. The minimum absolute atomic E-state index is 0.165. The monoisotopic (exact) mass is 206 g/mol. The molecule has 1 fully saturated rings. The fourth-order valence-corrected chi connectivity index (χ4v) is 2.09. The molecule has 84 valence electrons. The molecule has 1 unspecified atom stereocenters. The van der Waals surface area contributed by atoms with E-state index in [0.29, 0.717) is 6.04 Å². The first-order valence-electron chi connectivity index (χ1n) is 5.41. The maximum absolute atomic E-state index is 13.1. The fourth-order valence-electron chi connectivity index (χ4n) is 2.09. The van der Waals surface area contributed by atoms with Crippen molar-refractivity contribution in [1.29, 1.82) is 0 Å². The van der Waals surface area contributed by atoms with Gasteiger partial charge in [0.05, 0.1) is 13.1 Å². The number of halogens is 2. The van der Waals surface area contributed by atoms with Gasteiger partial charge in [0, 0.05) is 6.04 Å². The standard InChI is InChI=1S/C10H20F2N2/c1-2-9-5-3-4-6-14(9)8-10(11,12)7-13/h9H,2-8,13H2,1H3. The van der Waals surface area contributed by atoms with Crippen molar-refractivity contribution in [1.82, 2.24) is 4.90 Å². The van der Waals surface area contributed by atoms with E-state index in [0.717, 1.165) is 25.8 Å². The zero-order valence-electron chi connectivity index (χ0n) is 8.81. The van der Waals surface area contributed by atoms with Gasteiger partial charge in [0.15, 0.2) is 0 Å². The largest absolute Gasteiger partial charge is 0.325 e. The van der Waals surface area contributed by atoms with Crippen molar-refractivity contribution in [3.8, 4) is 0 Å². The number of hydrogen-bond donors (Lipinski definition) is 1. The maximum Gasteiger partial charge on any atom is 0.272 e. The van der Waals surface area contributed by atoms with Gasteiger partial charge in [-0.05, 0) is 25.8 Å². The van der Waals surface area contributed by atoms with Crippen LogP contribution in [0.2, 0.25) is 0 Å². The van der Waals surface area contributed by atoms with E-state index in [2.05, 4.69) is 6.92 Å². The molecule has 0 radical (unpaired) electrons. The van der Waals surface area contributed by atoms with E-state index in [1.807, 2.05) is 4.90 Å². The fraction of sp³-hybridized carbons (Fsp3) is 1.00. The molecule has 0 bridgehead atoms. The zero-order valence-corrected chi connectivity index (χ0v) is 8.81. The van der Waals surface area contributed by atoms with Crippen LogP contribution in [0.15, 0.2) is 0 Å². The Morgan fingerprint density at radius 3 is 2.71 bits per heavy atom. The van der Waals surface area contributed by atoms with Gasteiger partial charge in [-0.25, -0.2) is 8.78 Å². The summed E-state index contributed by atoms with van der Waals surface area (Å²) in [6.45, 7) is 2.15. The average Bonchev–Trinajstić information content (AvgIpc) is 2.18. The molecule has 14 heavy (non-hydrogen) atoms. The van der Waals surface area contributed by atoms with Crippen LogP contribution in [0.25, 0.3) is 0 Å². The number of nitrogens with two attached hydrogens (primary N) is 1. The predicted octanol–water partition coefficient (Wildman–Crippen LogP) is 1.84. The first-order valence-corrected chi connectivity index (χ1v) is 5.41. The number of rotatable bonds is 4. The van der Waals surface area contributed by atoms with E-state index >= 15 is 0 Å². The molecule has 0 aromatic rings. The summed E-state index contributed by atoms with van der Waals surface area (Å²) in [4.78, 5) is 1.90. The lowest BCUT2D eigenvalue weighted by Crippen LogP contribution is -2.48. The van der Waals surface area contributed by atoms with Gasteiger partial charge in [-0.1, -0.05) is 13.3 Å². The van der Waals surface area contributed by atoms with Crippen molar-refractivity contribution in [3.63, 3.8) is 0 Å². The first-order chi connectivity index (χ1) is 6.59. The molecule has 0 aromatic heterocycles. The Hall–Kier alpha value is -0.220. The highest BCUT2D eigenvalue weighted by molar-refractivity contribution is 4.81. The van der Waals surface area contributed by atoms with E-state index in [4.69, 9.17) is 5.73 Å². The highest BCUT2D eigenvalue weighted by Gasteiger charge is 2.33. The molecule has 1 saturated heterocycles. The van der Waals surface area contributed by atoms with E-state index in [1.165, 1.54) is 6.42 Å². The summed E-state index contributed by atoms with van der Waals surface area (Å²) in [6, 6.07) is 0.334. The number of hydrogen-bond acceptors (Lipinski definition) is 2. The van der Waals surface area contributed by atoms with E-state index in [-0.39, 0.29) is 6.54 Å². The van der Waals surface area contributed by atoms with Crippen LogP contribution in [0.4, 0.5) is 8.78 Å². The Morgan fingerprint density at radius 1 is 1.43 bits per heavy atom. The van der Waals surface area contributed by atoms with Crippen molar-refractivity contribution in [2.75, 3.05) is 19.6 Å². The quantitative estimate of drug-likeness (QED) is 0.760. The summed E-state index contributed by atoms with van der Waals surface area (Å²) in [7, 11) is 0. The molecule has 0 spiro atoms. The van der Waals surface area contributed by atoms with Crippen molar-refractivity contribution in [2.45, 2.75) is 44.6 Å². The molecule has 4 heteroatoms. The maximum atomic E-state index is 13.1. The zero-order chi connectivity index (χ0) is 10.6. The molecule has 1 atom stereocenters.